The standard InChI is InChI=1S/C18H35N3O2/c1-14(2)20(5)17(22)15(3)19-16(4)18(8-6-7-9-18)21-10-12-23-13-11-21/h14-16,19H,6-13H2,1-5H3/t15-,16+/m1/s1. The van der Waals surface area contributed by atoms with Gasteiger partial charge in [0, 0.05) is 37.8 Å². The minimum Gasteiger partial charge on any atom is -0.379 e. The van der Waals surface area contributed by atoms with Gasteiger partial charge in [-0.25, -0.2) is 0 Å². The SMILES string of the molecule is CC(C)N(C)C(=O)[C@@H](C)N[C@@H](C)C1(N2CCOCC2)CCCC1. The highest BCUT2D eigenvalue weighted by Gasteiger charge is 2.45. The first-order valence-electron chi connectivity index (χ1n) is 9.24. The van der Waals surface area contributed by atoms with Crippen molar-refractivity contribution in [1.29, 1.82) is 0 Å². The molecular formula is C18H35N3O2. The number of rotatable bonds is 6. The molecule has 2 rings (SSSR count). The summed E-state index contributed by atoms with van der Waals surface area (Å²) in [7, 11) is 1.89. The molecule has 5 nitrogen and oxygen atoms in total. The zero-order valence-electron chi connectivity index (χ0n) is 15.6. The molecule has 0 bridgehead atoms. The van der Waals surface area contributed by atoms with Gasteiger partial charge in [0.25, 0.3) is 0 Å². The summed E-state index contributed by atoms with van der Waals surface area (Å²) in [6.07, 6.45) is 5.03. The van der Waals surface area contributed by atoms with Crippen molar-refractivity contribution in [3.8, 4) is 0 Å². The highest BCUT2D eigenvalue weighted by Crippen LogP contribution is 2.38. The Hall–Kier alpha value is -0.650. The maximum atomic E-state index is 12.5. The Morgan fingerprint density at radius 2 is 1.70 bits per heavy atom. The summed E-state index contributed by atoms with van der Waals surface area (Å²) in [5.41, 5.74) is 0.189. The molecule has 1 aliphatic carbocycles. The fourth-order valence-corrected chi connectivity index (χ4v) is 4.18. The number of carbonyl (C=O) groups is 1. The molecule has 2 fully saturated rings. The second-order valence-electron chi connectivity index (χ2n) is 7.56. The second-order valence-corrected chi connectivity index (χ2v) is 7.56. The summed E-state index contributed by atoms with van der Waals surface area (Å²) in [6.45, 7) is 12.1. The van der Waals surface area contributed by atoms with Crippen LogP contribution in [0, 0.1) is 0 Å². The lowest BCUT2D eigenvalue weighted by atomic mass is 9.86. The van der Waals surface area contributed by atoms with Gasteiger partial charge in [0.15, 0.2) is 0 Å². The fourth-order valence-electron chi connectivity index (χ4n) is 4.18. The van der Waals surface area contributed by atoms with Crippen molar-refractivity contribution in [2.75, 3.05) is 33.4 Å². The van der Waals surface area contributed by atoms with Gasteiger partial charge in [-0.1, -0.05) is 12.8 Å². The summed E-state index contributed by atoms with van der Waals surface area (Å²) in [4.78, 5) is 17.0. The van der Waals surface area contributed by atoms with Crippen molar-refractivity contribution in [3.05, 3.63) is 0 Å². The number of hydrogen-bond donors (Lipinski definition) is 1. The normalized spacial score (nSPS) is 24.6. The van der Waals surface area contributed by atoms with E-state index in [9.17, 15) is 4.79 Å². The lowest BCUT2D eigenvalue weighted by Crippen LogP contribution is -2.63. The van der Waals surface area contributed by atoms with Crippen molar-refractivity contribution < 1.29 is 9.53 Å². The maximum absolute atomic E-state index is 12.5. The molecule has 0 aromatic carbocycles. The molecule has 1 heterocycles. The molecule has 1 aliphatic heterocycles. The Morgan fingerprint density at radius 1 is 1.13 bits per heavy atom. The topological polar surface area (TPSA) is 44.8 Å². The van der Waals surface area contributed by atoms with E-state index in [1.807, 2.05) is 18.9 Å². The average Bonchev–Trinajstić information content (AvgIpc) is 3.05. The van der Waals surface area contributed by atoms with Crippen molar-refractivity contribution in [2.45, 2.75) is 77.0 Å². The monoisotopic (exact) mass is 325 g/mol. The smallest absolute Gasteiger partial charge is 0.239 e. The fraction of sp³-hybridized carbons (Fsp3) is 0.944. The average molecular weight is 325 g/mol. The molecule has 0 radical (unpaired) electrons. The van der Waals surface area contributed by atoms with Crippen LogP contribution in [0.25, 0.3) is 0 Å². The van der Waals surface area contributed by atoms with Gasteiger partial charge in [0.05, 0.1) is 19.3 Å². The van der Waals surface area contributed by atoms with E-state index in [-0.39, 0.29) is 23.5 Å². The van der Waals surface area contributed by atoms with Crippen molar-refractivity contribution in [2.24, 2.45) is 0 Å². The van der Waals surface area contributed by atoms with Crippen LogP contribution < -0.4 is 5.32 Å². The number of hydrogen-bond acceptors (Lipinski definition) is 4. The van der Waals surface area contributed by atoms with E-state index in [2.05, 4.69) is 31.0 Å². The van der Waals surface area contributed by atoms with E-state index in [0.717, 1.165) is 26.3 Å². The Labute approximate surface area is 141 Å². The highest BCUT2D eigenvalue weighted by atomic mass is 16.5. The zero-order chi connectivity index (χ0) is 17.0. The van der Waals surface area contributed by atoms with Crippen LogP contribution in [0.5, 0.6) is 0 Å². The number of likely N-dealkylation sites (N-methyl/N-ethyl adjacent to an activating group) is 1. The van der Waals surface area contributed by atoms with Crippen LogP contribution in [-0.2, 0) is 9.53 Å². The van der Waals surface area contributed by atoms with E-state index < -0.39 is 0 Å². The van der Waals surface area contributed by atoms with E-state index in [1.165, 1.54) is 25.7 Å². The molecule has 134 valence electrons. The third-order valence-corrected chi connectivity index (χ3v) is 5.91. The van der Waals surface area contributed by atoms with Crippen LogP contribution in [0.15, 0.2) is 0 Å². The van der Waals surface area contributed by atoms with Crippen LogP contribution in [0.3, 0.4) is 0 Å². The number of amides is 1. The summed E-state index contributed by atoms with van der Waals surface area (Å²) >= 11 is 0. The van der Waals surface area contributed by atoms with Crippen LogP contribution in [0.2, 0.25) is 0 Å². The van der Waals surface area contributed by atoms with E-state index in [1.54, 1.807) is 0 Å². The third kappa shape index (κ3) is 4.06. The van der Waals surface area contributed by atoms with Gasteiger partial charge >= 0.3 is 0 Å². The lowest BCUT2D eigenvalue weighted by Gasteiger charge is -2.48. The van der Waals surface area contributed by atoms with Crippen LogP contribution in [-0.4, -0.2) is 72.7 Å². The van der Waals surface area contributed by atoms with Gasteiger partial charge < -0.3 is 15.0 Å². The lowest BCUT2D eigenvalue weighted by molar-refractivity contribution is -0.133. The van der Waals surface area contributed by atoms with Crippen LogP contribution >= 0.6 is 0 Å². The summed E-state index contributed by atoms with van der Waals surface area (Å²) in [5, 5.41) is 3.62. The van der Waals surface area contributed by atoms with Crippen LogP contribution in [0.1, 0.15) is 53.4 Å². The highest BCUT2D eigenvalue weighted by molar-refractivity contribution is 5.81. The number of nitrogens with zero attached hydrogens (tertiary/aromatic N) is 2. The third-order valence-electron chi connectivity index (χ3n) is 5.91. The van der Waals surface area contributed by atoms with Gasteiger partial charge in [-0.3, -0.25) is 9.69 Å². The van der Waals surface area contributed by atoms with E-state index in [0.29, 0.717) is 6.04 Å². The molecule has 0 aromatic heterocycles. The second kappa shape index (κ2) is 7.95. The Bertz CT molecular complexity index is 388. The summed E-state index contributed by atoms with van der Waals surface area (Å²) in [6, 6.07) is 0.403. The zero-order valence-corrected chi connectivity index (χ0v) is 15.6. The Morgan fingerprint density at radius 3 is 2.22 bits per heavy atom. The summed E-state index contributed by atoms with van der Waals surface area (Å²) in [5.74, 6) is 0.182. The number of carbonyl (C=O) groups excluding carboxylic acids is 1. The molecule has 0 unspecified atom stereocenters. The van der Waals surface area contributed by atoms with Crippen molar-refractivity contribution in [1.82, 2.24) is 15.1 Å². The Balaban J connectivity index is 2.03. The largest absolute Gasteiger partial charge is 0.379 e. The van der Waals surface area contributed by atoms with Gasteiger partial charge in [-0.15, -0.1) is 0 Å². The van der Waals surface area contributed by atoms with Crippen molar-refractivity contribution >= 4 is 5.91 Å². The molecule has 0 aromatic rings. The Kier molecular flexibility index (Phi) is 6.46. The molecule has 23 heavy (non-hydrogen) atoms. The first-order valence-corrected chi connectivity index (χ1v) is 9.24. The number of morpholine rings is 1. The molecular weight excluding hydrogens is 290 g/mol. The number of nitrogens with one attached hydrogen (secondary N) is 1. The predicted molar refractivity (Wildman–Crippen MR) is 93.6 cm³/mol. The first-order chi connectivity index (χ1) is 10.9. The van der Waals surface area contributed by atoms with Gasteiger partial charge in [-0.2, -0.15) is 0 Å². The molecule has 5 heteroatoms. The van der Waals surface area contributed by atoms with Crippen molar-refractivity contribution in [3.63, 3.8) is 0 Å². The van der Waals surface area contributed by atoms with Gasteiger partial charge in [0.2, 0.25) is 5.91 Å². The number of ether oxygens (including phenoxy) is 1. The minimum atomic E-state index is -0.143. The molecule has 1 N–H and O–H groups in total. The molecule has 2 atom stereocenters. The van der Waals surface area contributed by atoms with E-state index in [4.69, 9.17) is 4.74 Å². The van der Waals surface area contributed by atoms with E-state index >= 15 is 0 Å². The molecule has 2 aliphatic rings. The predicted octanol–water partition coefficient (Wildman–Crippen LogP) is 1.86. The van der Waals surface area contributed by atoms with Crippen LogP contribution in [0.4, 0.5) is 0 Å². The van der Waals surface area contributed by atoms with Gasteiger partial charge in [0.1, 0.15) is 0 Å². The molecule has 1 saturated carbocycles. The van der Waals surface area contributed by atoms with Gasteiger partial charge in [-0.05, 0) is 40.5 Å². The quantitative estimate of drug-likeness (QED) is 0.810. The maximum Gasteiger partial charge on any atom is 0.239 e. The molecule has 1 amide bonds. The first kappa shape index (κ1) is 18.7. The minimum absolute atomic E-state index is 0.143. The summed E-state index contributed by atoms with van der Waals surface area (Å²) < 4.78 is 5.54. The molecule has 1 saturated heterocycles. The molecule has 0 spiro atoms.